The van der Waals surface area contributed by atoms with E-state index >= 15 is 0 Å². The maximum atomic E-state index is 7.92. The SMILES string of the molecule is N=C(N)c1cccc(C(=C(c2ccccc2)c2ccccc2)c2cccc(C(=N)N)c2)c1. The molecule has 0 saturated heterocycles. The highest BCUT2D eigenvalue weighted by molar-refractivity contribution is 6.06. The zero-order chi connectivity index (χ0) is 22.5. The molecule has 6 N–H and O–H groups in total. The van der Waals surface area contributed by atoms with Crippen LogP contribution in [0.15, 0.2) is 109 Å². The third kappa shape index (κ3) is 4.35. The van der Waals surface area contributed by atoms with Crippen molar-refractivity contribution in [1.82, 2.24) is 0 Å². The van der Waals surface area contributed by atoms with Crippen molar-refractivity contribution >= 4 is 22.8 Å². The van der Waals surface area contributed by atoms with E-state index in [0.29, 0.717) is 11.1 Å². The predicted octanol–water partition coefficient (Wildman–Crippen LogP) is 5.26. The lowest BCUT2D eigenvalue weighted by Crippen LogP contribution is -2.12. The van der Waals surface area contributed by atoms with Crippen molar-refractivity contribution in [3.05, 3.63) is 143 Å². The largest absolute Gasteiger partial charge is 0.384 e. The Morgan fingerprint density at radius 1 is 0.406 bits per heavy atom. The van der Waals surface area contributed by atoms with Gasteiger partial charge in [-0.3, -0.25) is 10.8 Å². The van der Waals surface area contributed by atoms with E-state index in [9.17, 15) is 0 Å². The molecule has 0 aliphatic heterocycles. The Balaban J connectivity index is 2.12. The van der Waals surface area contributed by atoms with E-state index in [1.54, 1.807) is 0 Å². The number of amidine groups is 2. The standard InChI is InChI=1S/C28H24N4/c29-27(30)23-15-7-13-21(17-23)26(22-14-8-16-24(18-22)28(31)32)25(19-9-3-1-4-10-19)20-11-5-2-6-12-20/h1-18H,(H3,29,30)(H3,31,32). The molecule has 0 aliphatic carbocycles. The quantitative estimate of drug-likeness (QED) is 0.196. The minimum absolute atomic E-state index is 0.0182. The Kier molecular flexibility index (Phi) is 5.95. The maximum Gasteiger partial charge on any atom is 0.122 e. The summed E-state index contributed by atoms with van der Waals surface area (Å²) in [6.07, 6.45) is 0. The summed E-state index contributed by atoms with van der Waals surface area (Å²) in [4.78, 5) is 0. The van der Waals surface area contributed by atoms with Crippen LogP contribution in [-0.2, 0) is 0 Å². The molecular weight excluding hydrogens is 392 g/mol. The van der Waals surface area contributed by atoms with Crippen molar-refractivity contribution < 1.29 is 0 Å². The van der Waals surface area contributed by atoms with Crippen LogP contribution in [0.25, 0.3) is 11.1 Å². The predicted molar refractivity (Wildman–Crippen MR) is 133 cm³/mol. The van der Waals surface area contributed by atoms with Crippen LogP contribution in [0, 0.1) is 10.8 Å². The molecule has 0 unspecified atom stereocenters. The number of rotatable bonds is 6. The van der Waals surface area contributed by atoms with Gasteiger partial charge in [0, 0.05) is 11.1 Å². The van der Waals surface area contributed by atoms with Gasteiger partial charge in [0.25, 0.3) is 0 Å². The van der Waals surface area contributed by atoms with E-state index < -0.39 is 0 Å². The van der Waals surface area contributed by atoms with E-state index in [1.165, 1.54) is 0 Å². The lowest BCUT2D eigenvalue weighted by Gasteiger charge is -2.19. The topological polar surface area (TPSA) is 99.7 Å². The first-order valence-corrected chi connectivity index (χ1v) is 10.3. The Morgan fingerprint density at radius 3 is 1.09 bits per heavy atom. The van der Waals surface area contributed by atoms with Gasteiger partial charge in [0.15, 0.2) is 0 Å². The Hall–Kier alpha value is -4.44. The minimum atomic E-state index is 0.0182. The van der Waals surface area contributed by atoms with Crippen molar-refractivity contribution in [1.29, 1.82) is 10.8 Å². The van der Waals surface area contributed by atoms with Crippen LogP contribution < -0.4 is 11.5 Å². The van der Waals surface area contributed by atoms with Crippen LogP contribution in [0.2, 0.25) is 0 Å². The fourth-order valence-electron chi connectivity index (χ4n) is 3.80. The number of nitrogens with two attached hydrogens (primary N) is 2. The number of nitrogen functional groups attached to an aromatic ring is 2. The number of benzene rings is 4. The highest BCUT2D eigenvalue weighted by Gasteiger charge is 2.17. The normalized spacial score (nSPS) is 10.4. The first-order chi connectivity index (χ1) is 15.5. The van der Waals surface area contributed by atoms with Gasteiger partial charge in [0.2, 0.25) is 0 Å². The van der Waals surface area contributed by atoms with Gasteiger partial charge in [0.1, 0.15) is 11.7 Å². The van der Waals surface area contributed by atoms with Gasteiger partial charge in [-0.05, 0) is 45.5 Å². The second-order valence-electron chi connectivity index (χ2n) is 7.47. The van der Waals surface area contributed by atoms with Crippen molar-refractivity contribution in [3.63, 3.8) is 0 Å². The van der Waals surface area contributed by atoms with Gasteiger partial charge in [0.05, 0.1) is 0 Å². The van der Waals surface area contributed by atoms with E-state index in [2.05, 4.69) is 24.3 Å². The molecular formula is C28H24N4. The fraction of sp³-hybridized carbons (Fsp3) is 0. The average Bonchev–Trinajstić information content (AvgIpc) is 2.83. The number of nitrogens with one attached hydrogen (secondary N) is 2. The smallest absolute Gasteiger partial charge is 0.122 e. The number of hydrogen-bond donors (Lipinski definition) is 4. The molecule has 4 heteroatoms. The molecule has 4 nitrogen and oxygen atoms in total. The molecule has 0 bridgehead atoms. The molecule has 0 heterocycles. The summed E-state index contributed by atoms with van der Waals surface area (Å²) in [7, 11) is 0. The molecule has 0 aliphatic rings. The average molecular weight is 417 g/mol. The Labute approximate surface area is 187 Å². The lowest BCUT2D eigenvalue weighted by atomic mass is 9.85. The van der Waals surface area contributed by atoms with Gasteiger partial charge in [-0.25, -0.2) is 0 Å². The summed E-state index contributed by atoms with van der Waals surface area (Å²) in [5.41, 5.74) is 18.9. The zero-order valence-corrected chi connectivity index (χ0v) is 17.5. The second-order valence-corrected chi connectivity index (χ2v) is 7.47. The van der Waals surface area contributed by atoms with Gasteiger partial charge in [-0.2, -0.15) is 0 Å². The van der Waals surface area contributed by atoms with Crippen LogP contribution in [0.3, 0.4) is 0 Å². The summed E-state index contributed by atoms with van der Waals surface area (Å²) in [5.74, 6) is 0.0364. The molecule has 156 valence electrons. The molecule has 4 aromatic rings. The first-order valence-electron chi connectivity index (χ1n) is 10.3. The van der Waals surface area contributed by atoms with Crippen LogP contribution in [0.5, 0.6) is 0 Å². The van der Waals surface area contributed by atoms with Crippen LogP contribution in [0.1, 0.15) is 33.4 Å². The summed E-state index contributed by atoms with van der Waals surface area (Å²) in [6.45, 7) is 0. The fourth-order valence-corrected chi connectivity index (χ4v) is 3.80. The number of hydrogen-bond acceptors (Lipinski definition) is 2. The van der Waals surface area contributed by atoms with Crippen molar-refractivity contribution in [2.24, 2.45) is 11.5 Å². The third-order valence-electron chi connectivity index (χ3n) is 5.30. The molecule has 4 aromatic carbocycles. The molecule has 0 saturated carbocycles. The van der Waals surface area contributed by atoms with Crippen molar-refractivity contribution in [2.75, 3.05) is 0 Å². The summed E-state index contributed by atoms with van der Waals surface area (Å²) >= 11 is 0. The minimum Gasteiger partial charge on any atom is -0.384 e. The van der Waals surface area contributed by atoms with Crippen molar-refractivity contribution in [3.8, 4) is 0 Å². The second kappa shape index (κ2) is 9.14. The van der Waals surface area contributed by atoms with Gasteiger partial charge in [-0.1, -0.05) is 97.1 Å². The Morgan fingerprint density at radius 2 is 0.719 bits per heavy atom. The highest BCUT2D eigenvalue weighted by atomic mass is 14.7. The lowest BCUT2D eigenvalue weighted by molar-refractivity contribution is 1.40. The van der Waals surface area contributed by atoms with E-state index in [1.807, 2.05) is 84.9 Å². The van der Waals surface area contributed by atoms with Crippen LogP contribution in [-0.4, -0.2) is 11.7 Å². The van der Waals surface area contributed by atoms with E-state index in [4.69, 9.17) is 22.3 Å². The third-order valence-corrected chi connectivity index (χ3v) is 5.30. The first kappa shape index (κ1) is 20.8. The van der Waals surface area contributed by atoms with Crippen LogP contribution >= 0.6 is 0 Å². The van der Waals surface area contributed by atoms with E-state index in [-0.39, 0.29) is 11.7 Å². The highest BCUT2D eigenvalue weighted by Crippen LogP contribution is 2.37. The maximum absolute atomic E-state index is 7.92. The van der Waals surface area contributed by atoms with Gasteiger partial charge in [-0.15, -0.1) is 0 Å². The van der Waals surface area contributed by atoms with Gasteiger partial charge >= 0.3 is 0 Å². The zero-order valence-electron chi connectivity index (χ0n) is 17.5. The molecule has 32 heavy (non-hydrogen) atoms. The van der Waals surface area contributed by atoms with E-state index in [0.717, 1.165) is 33.4 Å². The molecule has 0 amide bonds. The molecule has 0 fully saturated rings. The Bertz CT molecular complexity index is 1200. The monoisotopic (exact) mass is 416 g/mol. The molecule has 0 spiro atoms. The summed E-state index contributed by atoms with van der Waals surface area (Å²) in [5, 5.41) is 15.8. The summed E-state index contributed by atoms with van der Waals surface area (Å²) in [6, 6.07) is 35.8. The summed E-state index contributed by atoms with van der Waals surface area (Å²) < 4.78 is 0. The van der Waals surface area contributed by atoms with Crippen LogP contribution in [0.4, 0.5) is 0 Å². The molecule has 0 radical (unpaired) electrons. The molecule has 0 aromatic heterocycles. The van der Waals surface area contributed by atoms with Gasteiger partial charge < -0.3 is 11.5 Å². The molecule has 0 atom stereocenters. The molecule has 4 rings (SSSR count). The van der Waals surface area contributed by atoms with Crippen molar-refractivity contribution in [2.45, 2.75) is 0 Å².